The van der Waals surface area contributed by atoms with Crippen molar-refractivity contribution in [2.75, 3.05) is 13.1 Å². The predicted molar refractivity (Wildman–Crippen MR) is 82.3 cm³/mol. The quantitative estimate of drug-likeness (QED) is 0.870. The highest BCUT2D eigenvalue weighted by molar-refractivity contribution is 5.78. The van der Waals surface area contributed by atoms with Gasteiger partial charge in [0.15, 0.2) is 5.82 Å². The van der Waals surface area contributed by atoms with E-state index in [-0.39, 0.29) is 24.5 Å². The lowest BCUT2D eigenvalue weighted by molar-refractivity contribution is -0.147. The van der Waals surface area contributed by atoms with Crippen LogP contribution in [0, 0.1) is 12.8 Å². The van der Waals surface area contributed by atoms with E-state index >= 15 is 0 Å². The molecule has 2 fully saturated rings. The van der Waals surface area contributed by atoms with Gasteiger partial charge in [0.05, 0.1) is 18.6 Å². The number of nitrogens with one attached hydrogen (secondary N) is 1. The molecule has 1 aliphatic heterocycles. The van der Waals surface area contributed by atoms with E-state index in [4.69, 9.17) is 4.74 Å². The average molecular weight is 306 g/mol. The van der Waals surface area contributed by atoms with E-state index in [1.54, 1.807) is 0 Å². The van der Waals surface area contributed by atoms with Crippen LogP contribution in [0.5, 0.6) is 0 Å². The molecule has 0 bridgehead atoms. The number of amides is 1. The van der Waals surface area contributed by atoms with E-state index in [2.05, 4.69) is 22.1 Å². The van der Waals surface area contributed by atoms with Crippen molar-refractivity contribution in [1.29, 1.82) is 0 Å². The lowest BCUT2D eigenvalue weighted by Crippen LogP contribution is -2.51. The van der Waals surface area contributed by atoms with E-state index < -0.39 is 0 Å². The van der Waals surface area contributed by atoms with Gasteiger partial charge in [-0.15, -0.1) is 0 Å². The Morgan fingerprint density at radius 1 is 1.41 bits per heavy atom. The highest BCUT2D eigenvalue weighted by Gasteiger charge is 2.39. The minimum atomic E-state index is 0.120. The number of aromatic amines is 1. The minimum absolute atomic E-state index is 0.120. The van der Waals surface area contributed by atoms with Gasteiger partial charge in [0, 0.05) is 13.1 Å². The van der Waals surface area contributed by atoms with Crippen molar-refractivity contribution in [3.8, 4) is 0 Å². The van der Waals surface area contributed by atoms with Crippen LogP contribution in [0.25, 0.3) is 0 Å². The van der Waals surface area contributed by atoms with Crippen molar-refractivity contribution < 1.29 is 9.53 Å². The van der Waals surface area contributed by atoms with Crippen LogP contribution >= 0.6 is 0 Å². The zero-order chi connectivity index (χ0) is 15.5. The molecule has 6 heteroatoms. The van der Waals surface area contributed by atoms with Crippen LogP contribution in [0.15, 0.2) is 0 Å². The summed E-state index contributed by atoms with van der Waals surface area (Å²) < 4.78 is 6.22. The molecule has 1 saturated carbocycles. The van der Waals surface area contributed by atoms with Gasteiger partial charge in [0.2, 0.25) is 5.91 Å². The number of hydrogen-bond donors (Lipinski definition) is 1. The molecule has 0 aromatic carbocycles. The summed E-state index contributed by atoms with van der Waals surface area (Å²) in [6.07, 6.45) is 6.56. The second-order valence-corrected chi connectivity index (χ2v) is 6.59. The van der Waals surface area contributed by atoms with Crippen LogP contribution in [0.2, 0.25) is 0 Å². The lowest BCUT2D eigenvalue weighted by atomic mass is 10.1. The van der Waals surface area contributed by atoms with Gasteiger partial charge in [-0.2, -0.15) is 5.10 Å². The third-order valence-electron chi connectivity index (χ3n) is 4.52. The Bertz CT molecular complexity index is 512. The topological polar surface area (TPSA) is 71.1 Å². The number of carbonyl (C=O) groups excluding carboxylic acids is 1. The van der Waals surface area contributed by atoms with Gasteiger partial charge in [0.25, 0.3) is 0 Å². The fourth-order valence-electron chi connectivity index (χ4n) is 3.11. The molecular formula is C16H26N4O2. The third-order valence-corrected chi connectivity index (χ3v) is 4.52. The number of nitrogens with zero attached hydrogens (tertiary/aromatic N) is 3. The van der Waals surface area contributed by atoms with Crippen molar-refractivity contribution >= 4 is 5.91 Å². The maximum Gasteiger partial charge on any atom is 0.230 e. The molecule has 22 heavy (non-hydrogen) atoms. The third kappa shape index (κ3) is 3.85. The summed E-state index contributed by atoms with van der Waals surface area (Å²) in [5.74, 6) is 2.11. The molecule has 2 aliphatic rings. The summed E-state index contributed by atoms with van der Waals surface area (Å²) in [4.78, 5) is 18.8. The Morgan fingerprint density at radius 3 is 2.86 bits per heavy atom. The number of morpholine rings is 1. The smallest absolute Gasteiger partial charge is 0.230 e. The van der Waals surface area contributed by atoms with Crippen LogP contribution in [0.1, 0.15) is 50.7 Å². The van der Waals surface area contributed by atoms with Crippen LogP contribution in [0.4, 0.5) is 0 Å². The number of rotatable bonds is 6. The second-order valence-electron chi connectivity index (χ2n) is 6.59. The van der Waals surface area contributed by atoms with E-state index in [0.29, 0.717) is 18.3 Å². The molecule has 1 aromatic rings. The summed E-state index contributed by atoms with van der Waals surface area (Å²) in [7, 11) is 0. The SMILES string of the molecule is CCCC[C@@H]1CN(C(=O)Cc2n[nH]c(C)n2)C[C@H](C2CC2)O1. The largest absolute Gasteiger partial charge is 0.371 e. The number of aryl methyl sites for hydroxylation is 1. The molecule has 3 rings (SSSR count). The molecule has 1 saturated heterocycles. The monoisotopic (exact) mass is 306 g/mol. The molecule has 0 unspecified atom stereocenters. The number of carbonyl (C=O) groups is 1. The van der Waals surface area contributed by atoms with E-state index in [9.17, 15) is 4.79 Å². The molecule has 2 heterocycles. The molecule has 0 radical (unpaired) electrons. The highest BCUT2D eigenvalue weighted by Crippen LogP contribution is 2.37. The number of ether oxygens (including phenoxy) is 1. The van der Waals surface area contributed by atoms with Gasteiger partial charge < -0.3 is 9.64 Å². The van der Waals surface area contributed by atoms with Crippen molar-refractivity contribution in [2.24, 2.45) is 5.92 Å². The fourth-order valence-corrected chi connectivity index (χ4v) is 3.11. The maximum atomic E-state index is 12.6. The number of aromatic nitrogens is 3. The van der Waals surface area contributed by atoms with E-state index in [1.165, 1.54) is 19.3 Å². The molecule has 1 N–H and O–H groups in total. The first-order valence-electron chi connectivity index (χ1n) is 8.46. The van der Waals surface area contributed by atoms with Gasteiger partial charge in [-0.05, 0) is 32.1 Å². The first-order chi connectivity index (χ1) is 10.7. The summed E-state index contributed by atoms with van der Waals surface area (Å²) in [5.41, 5.74) is 0. The summed E-state index contributed by atoms with van der Waals surface area (Å²) in [6, 6.07) is 0. The van der Waals surface area contributed by atoms with Gasteiger partial charge in [-0.25, -0.2) is 4.98 Å². The average Bonchev–Trinajstić information content (AvgIpc) is 3.28. The lowest BCUT2D eigenvalue weighted by Gasteiger charge is -2.38. The van der Waals surface area contributed by atoms with Gasteiger partial charge in [-0.3, -0.25) is 9.89 Å². The zero-order valence-electron chi connectivity index (χ0n) is 13.5. The molecule has 6 nitrogen and oxygen atoms in total. The van der Waals surface area contributed by atoms with Crippen molar-refractivity contribution in [3.05, 3.63) is 11.6 Å². The summed E-state index contributed by atoms with van der Waals surface area (Å²) >= 11 is 0. The second kappa shape index (κ2) is 6.77. The van der Waals surface area contributed by atoms with E-state index in [0.717, 1.165) is 25.2 Å². The Kier molecular flexibility index (Phi) is 4.76. The molecule has 1 aliphatic carbocycles. The molecule has 2 atom stereocenters. The molecule has 0 spiro atoms. The normalized spacial score (nSPS) is 25.5. The van der Waals surface area contributed by atoms with Gasteiger partial charge >= 0.3 is 0 Å². The zero-order valence-corrected chi connectivity index (χ0v) is 13.5. The molecule has 1 amide bonds. The molecule has 1 aromatic heterocycles. The standard InChI is InChI=1S/C16H26N4O2/c1-3-4-5-13-9-20(10-14(22-13)12-6-7-12)16(21)8-15-17-11(2)18-19-15/h12-14H,3-10H2,1-2H3,(H,17,18,19)/t13-,14-/m1/s1. The summed E-state index contributed by atoms with van der Waals surface area (Å²) in [6.45, 7) is 5.48. The van der Waals surface area contributed by atoms with Gasteiger partial charge in [0.1, 0.15) is 5.82 Å². The molecular weight excluding hydrogens is 280 g/mol. The van der Waals surface area contributed by atoms with Crippen LogP contribution < -0.4 is 0 Å². The number of unbranched alkanes of at least 4 members (excludes halogenated alkanes) is 1. The van der Waals surface area contributed by atoms with Crippen LogP contribution in [0.3, 0.4) is 0 Å². The van der Waals surface area contributed by atoms with Crippen molar-refractivity contribution in [2.45, 2.75) is 64.6 Å². The number of H-pyrrole nitrogens is 1. The minimum Gasteiger partial charge on any atom is -0.371 e. The first kappa shape index (κ1) is 15.5. The van der Waals surface area contributed by atoms with Crippen LogP contribution in [-0.4, -0.2) is 51.3 Å². The predicted octanol–water partition coefficient (Wildman–Crippen LogP) is 1.85. The highest BCUT2D eigenvalue weighted by atomic mass is 16.5. The van der Waals surface area contributed by atoms with E-state index in [1.807, 2.05) is 11.8 Å². The Balaban J connectivity index is 1.60. The summed E-state index contributed by atoms with van der Waals surface area (Å²) in [5, 5.41) is 6.86. The van der Waals surface area contributed by atoms with Gasteiger partial charge in [-0.1, -0.05) is 19.8 Å². The maximum absolute atomic E-state index is 12.6. The first-order valence-corrected chi connectivity index (χ1v) is 8.46. The Morgan fingerprint density at radius 2 is 2.23 bits per heavy atom. The van der Waals surface area contributed by atoms with Crippen LogP contribution in [-0.2, 0) is 16.0 Å². The fraction of sp³-hybridized carbons (Fsp3) is 0.812. The Labute approximate surface area is 131 Å². The Hall–Kier alpha value is -1.43. The molecule has 122 valence electrons. The van der Waals surface area contributed by atoms with Crippen molar-refractivity contribution in [3.63, 3.8) is 0 Å². The van der Waals surface area contributed by atoms with Crippen molar-refractivity contribution in [1.82, 2.24) is 20.1 Å². The number of hydrogen-bond acceptors (Lipinski definition) is 4.